The lowest BCUT2D eigenvalue weighted by Gasteiger charge is -2.34. The van der Waals surface area contributed by atoms with Crippen molar-refractivity contribution < 1.29 is 4.79 Å². The van der Waals surface area contributed by atoms with Gasteiger partial charge in [0, 0.05) is 30.5 Å². The summed E-state index contributed by atoms with van der Waals surface area (Å²) in [5.41, 5.74) is 1.55. The van der Waals surface area contributed by atoms with Crippen molar-refractivity contribution in [3.8, 4) is 0 Å². The smallest absolute Gasteiger partial charge is 0.257 e. The number of aromatic nitrogens is 2. The lowest BCUT2D eigenvalue weighted by atomic mass is 10.0. The molecule has 2 aromatic heterocycles. The summed E-state index contributed by atoms with van der Waals surface area (Å²) >= 11 is 0. The van der Waals surface area contributed by atoms with E-state index in [-0.39, 0.29) is 5.91 Å². The van der Waals surface area contributed by atoms with Gasteiger partial charge in [0.1, 0.15) is 11.6 Å². The van der Waals surface area contributed by atoms with Gasteiger partial charge in [0.2, 0.25) is 0 Å². The standard InChI is InChI=1S/C18H22N4O/c1-13-6-5-9-20-17(13)21-18(23)15-8-10-19-16(12-15)22-11-4-3-7-14(22)2/h5-6,8-10,12,14H,3-4,7,11H2,1-2H3,(H,20,21,23)/t14-/m1/s1. The molecule has 0 saturated carbocycles. The summed E-state index contributed by atoms with van der Waals surface area (Å²) in [6.07, 6.45) is 6.99. The highest BCUT2D eigenvalue weighted by atomic mass is 16.1. The molecule has 1 aliphatic rings. The zero-order valence-corrected chi connectivity index (χ0v) is 13.6. The first-order valence-electron chi connectivity index (χ1n) is 8.11. The molecule has 1 fully saturated rings. The number of amides is 1. The summed E-state index contributed by atoms with van der Waals surface area (Å²) in [6, 6.07) is 7.86. The highest BCUT2D eigenvalue weighted by Gasteiger charge is 2.20. The molecule has 0 spiro atoms. The van der Waals surface area contributed by atoms with Crippen LogP contribution in [0.2, 0.25) is 0 Å². The molecule has 5 heteroatoms. The van der Waals surface area contributed by atoms with Gasteiger partial charge in [-0.05, 0) is 56.9 Å². The Kier molecular flexibility index (Phi) is 4.55. The van der Waals surface area contributed by atoms with E-state index in [1.54, 1.807) is 18.5 Å². The van der Waals surface area contributed by atoms with Crippen LogP contribution in [0.25, 0.3) is 0 Å². The maximum atomic E-state index is 12.5. The Labute approximate surface area is 136 Å². The van der Waals surface area contributed by atoms with Crippen molar-refractivity contribution in [2.75, 3.05) is 16.8 Å². The van der Waals surface area contributed by atoms with Gasteiger partial charge in [-0.2, -0.15) is 0 Å². The Balaban J connectivity index is 1.79. The lowest BCUT2D eigenvalue weighted by molar-refractivity contribution is 0.102. The molecule has 1 N–H and O–H groups in total. The molecule has 0 radical (unpaired) electrons. The first-order valence-corrected chi connectivity index (χ1v) is 8.11. The van der Waals surface area contributed by atoms with Crippen LogP contribution in [0, 0.1) is 6.92 Å². The quantitative estimate of drug-likeness (QED) is 0.944. The second-order valence-electron chi connectivity index (χ2n) is 6.06. The second-order valence-corrected chi connectivity index (χ2v) is 6.06. The third-order valence-corrected chi connectivity index (χ3v) is 4.35. The van der Waals surface area contributed by atoms with E-state index < -0.39 is 0 Å². The molecule has 3 rings (SSSR count). The van der Waals surface area contributed by atoms with E-state index in [1.807, 2.05) is 25.1 Å². The molecule has 5 nitrogen and oxygen atoms in total. The van der Waals surface area contributed by atoms with Crippen molar-refractivity contribution in [1.82, 2.24) is 9.97 Å². The zero-order valence-electron chi connectivity index (χ0n) is 13.6. The third kappa shape index (κ3) is 3.50. The number of hydrogen-bond acceptors (Lipinski definition) is 4. The minimum atomic E-state index is -0.153. The molecule has 0 aliphatic carbocycles. The van der Waals surface area contributed by atoms with Crippen molar-refractivity contribution in [3.05, 3.63) is 47.8 Å². The van der Waals surface area contributed by atoms with E-state index in [0.29, 0.717) is 17.4 Å². The van der Waals surface area contributed by atoms with Gasteiger partial charge >= 0.3 is 0 Å². The van der Waals surface area contributed by atoms with Crippen LogP contribution in [0.3, 0.4) is 0 Å². The average Bonchev–Trinajstić information content (AvgIpc) is 2.57. The van der Waals surface area contributed by atoms with Crippen molar-refractivity contribution in [3.63, 3.8) is 0 Å². The summed E-state index contributed by atoms with van der Waals surface area (Å²) in [5, 5.41) is 2.87. The van der Waals surface area contributed by atoms with Gasteiger partial charge in [-0.25, -0.2) is 9.97 Å². The predicted molar refractivity (Wildman–Crippen MR) is 91.8 cm³/mol. The van der Waals surface area contributed by atoms with Crippen LogP contribution in [0.4, 0.5) is 11.6 Å². The van der Waals surface area contributed by atoms with Crippen LogP contribution in [-0.2, 0) is 0 Å². The predicted octanol–water partition coefficient (Wildman–Crippen LogP) is 3.42. The average molecular weight is 310 g/mol. The molecule has 0 unspecified atom stereocenters. The lowest BCUT2D eigenvalue weighted by Crippen LogP contribution is -2.38. The van der Waals surface area contributed by atoms with Gasteiger partial charge in [-0.15, -0.1) is 0 Å². The number of pyridine rings is 2. The number of anilines is 2. The van der Waals surface area contributed by atoms with Crippen LogP contribution < -0.4 is 10.2 Å². The molecule has 1 aliphatic heterocycles. The first kappa shape index (κ1) is 15.5. The summed E-state index contributed by atoms with van der Waals surface area (Å²) in [4.78, 5) is 23.4. The number of carbonyl (C=O) groups excluding carboxylic acids is 1. The summed E-state index contributed by atoms with van der Waals surface area (Å²) in [6.45, 7) is 5.14. The normalized spacial score (nSPS) is 17.8. The minimum Gasteiger partial charge on any atom is -0.354 e. The Morgan fingerprint density at radius 2 is 2.13 bits per heavy atom. The molecule has 3 heterocycles. The first-order chi connectivity index (χ1) is 11.1. The van der Waals surface area contributed by atoms with E-state index in [1.165, 1.54) is 19.3 Å². The molecular weight excluding hydrogens is 288 g/mol. The van der Waals surface area contributed by atoms with Crippen LogP contribution in [0.5, 0.6) is 0 Å². The van der Waals surface area contributed by atoms with Crippen LogP contribution in [-0.4, -0.2) is 28.5 Å². The zero-order chi connectivity index (χ0) is 16.2. The Morgan fingerprint density at radius 3 is 2.91 bits per heavy atom. The molecule has 1 atom stereocenters. The number of rotatable bonds is 3. The topological polar surface area (TPSA) is 58.1 Å². The highest BCUT2D eigenvalue weighted by Crippen LogP contribution is 2.23. The van der Waals surface area contributed by atoms with Gasteiger partial charge in [0.15, 0.2) is 0 Å². The fourth-order valence-electron chi connectivity index (χ4n) is 2.95. The molecule has 0 bridgehead atoms. The number of aryl methyl sites for hydroxylation is 1. The SMILES string of the molecule is Cc1cccnc1NC(=O)c1ccnc(N2CCCC[C@H]2C)c1. The number of carbonyl (C=O) groups is 1. The highest BCUT2D eigenvalue weighted by molar-refractivity contribution is 6.04. The van der Waals surface area contributed by atoms with E-state index in [9.17, 15) is 4.79 Å². The largest absolute Gasteiger partial charge is 0.354 e. The summed E-state index contributed by atoms with van der Waals surface area (Å²) in [7, 11) is 0. The van der Waals surface area contributed by atoms with E-state index in [0.717, 1.165) is 17.9 Å². The maximum absolute atomic E-state index is 12.5. The molecule has 120 valence electrons. The fourth-order valence-corrected chi connectivity index (χ4v) is 2.95. The molecule has 1 amide bonds. The van der Waals surface area contributed by atoms with E-state index in [4.69, 9.17) is 0 Å². The number of hydrogen-bond donors (Lipinski definition) is 1. The molecule has 23 heavy (non-hydrogen) atoms. The minimum absolute atomic E-state index is 0.153. The molecular formula is C18H22N4O. The monoisotopic (exact) mass is 310 g/mol. The van der Waals surface area contributed by atoms with E-state index in [2.05, 4.69) is 27.1 Å². The van der Waals surface area contributed by atoms with Crippen LogP contribution >= 0.6 is 0 Å². The molecule has 0 aromatic carbocycles. The van der Waals surface area contributed by atoms with Gasteiger partial charge in [0.25, 0.3) is 5.91 Å². The fraction of sp³-hybridized carbons (Fsp3) is 0.389. The van der Waals surface area contributed by atoms with Gasteiger partial charge in [0.05, 0.1) is 0 Å². The van der Waals surface area contributed by atoms with Gasteiger partial charge in [-0.1, -0.05) is 6.07 Å². The number of nitrogens with zero attached hydrogens (tertiary/aromatic N) is 3. The van der Waals surface area contributed by atoms with E-state index >= 15 is 0 Å². The van der Waals surface area contributed by atoms with Crippen molar-refractivity contribution in [2.24, 2.45) is 0 Å². The molecule has 1 saturated heterocycles. The van der Waals surface area contributed by atoms with Gasteiger partial charge < -0.3 is 10.2 Å². The molecule has 2 aromatic rings. The van der Waals surface area contributed by atoms with Crippen molar-refractivity contribution >= 4 is 17.5 Å². The maximum Gasteiger partial charge on any atom is 0.257 e. The number of nitrogens with one attached hydrogen (secondary N) is 1. The van der Waals surface area contributed by atoms with Gasteiger partial charge in [-0.3, -0.25) is 4.79 Å². The summed E-state index contributed by atoms with van der Waals surface area (Å²) < 4.78 is 0. The van der Waals surface area contributed by atoms with Crippen LogP contribution in [0.15, 0.2) is 36.7 Å². The van der Waals surface area contributed by atoms with Crippen molar-refractivity contribution in [1.29, 1.82) is 0 Å². The third-order valence-electron chi connectivity index (χ3n) is 4.35. The van der Waals surface area contributed by atoms with Crippen molar-refractivity contribution in [2.45, 2.75) is 39.2 Å². The Morgan fingerprint density at radius 1 is 1.26 bits per heavy atom. The summed E-state index contributed by atoms with van der Waals surface area (Å²) in [5.74, 6) is 1.32. The number of piperidine rings is 1. The Bertz CT molecular complexity index is 701. The van der Waals surface area contributed by atoms with Crippen LogP contribution in [0.1, 0.15) is 42.1 Å². The second kappa shape index (κ2) is 6.77. The Hall–Kier alpha value is -2.43.